The normalized spacial score (nSPS) is 16.4. The average Bonchev–Trinajstić information content (AvgIpc) is 3.06. The highest BCUT2D eigenvalue weighted by molar-refractivity contribution is 5.94. The van der Waals surface area contributed by atoms with Crippen LogP contribution in [-0.4, -0.2) is 43.5 Å². The molecule has 8 heteroatoms. The Hall–Kier alpha value is -2.87. The number of halogens is 1. The summed E-state index contributed by atoms with van der Waals surface area (Å²) >= 11 is 0. The number of hydrogen-bond donors (Lipinski definition) is 1. The minimum atomic E-state index is -0.503. The van der Waals surface area contributed by atoms with Gasteiger partial charge in [0.05, 0.1) is 0 Å². The molecular formula is C19H21FN6O. The van der Waals surface area contributed by atoms with Crippen molar-refractivity contribution < 1.29 is 9.18 Å². The molecule has 0 bridgehead atoms. The number of piperidine rings is 1. The summed E-state index contributed by atoms with van der Waals surface area (Å²) in [5, 5.41) is 10.9. The Morgan fingerprint density at radius 3 is 2.59 bits per heavy atom. The average molecular weight is 368 g/mol. The highest BCUT2D eigenvalue weighted by Gasteiger charge is 2.29. The molecule has 1 aliphatic rings. The third kappa shape index (κ3) is 3.66. The van der Waals surface area contributed by atoms with Crippen LogP contribution in [0.15, 0.2) is 36.5 Å². The van der Waals surface area contributed by atoms with Gasteiger partial charge in [-0.05, 0) is 56.6 Å². The fourth-order valence-corrected chi connectivity index (χ4v) is 3.49. The summed E-state index contributed by atoms with van der Waals surface area (Å²) in [7, 11) is 0. The van der Waals surface area contributed by atoms with Gasteiger partial charge in [-0.3, -0.25) is 19.4 Å². The van der Waals surface area contributed by atoms with E-state index in [2.05, 4.69) is 25.4 Å². The van der Waals surface area contributed by atoms with E-state index >= 15 is 0 Å². The van der Waals surface area contributed by atoms with Crippen molar-refractivity contribution in [2.75, 3.05) is 18.4 Å². The van der Waals surface area contributed by atoms with Gasteiger partial charge in [0.1, 0.15) is 11.9 Å². The van der Waals surface area contributed by atoms with Crippen molar-refractivity contribution in [3.05, 3.63) is 53.6 Å². The zero-order valence-corrected chi connectivity index (χ0v) is 15.1. The van der Waals surface area contributed by atoms with E-state index < -0.39 is 6.04 Å². The zero-order chi connectivity index (χ0) is 18.8. The molecule has 1 saturated heterocycles. The first-order valence-corrected chi connectivity index (χ1v) is 9.10. The molecule has 1 aliphatic heterocycles. The van der Waals surface area contributed by atoms with E-state index in [1.165, 1.54) is 12.1 Å². The maximum absolute atomic E-state index is 13.4. The van der Waals surface area contributed by atoms with E-state index in [-0.39, 0.29) is 11.7 Å². The number of benzene rings is 1. The number of hydrogen-bond acceptors (Lipinski definition) is 5. The molecule has 7 nitrogen and oxygen atoms in total. The van der Waals surface area contributed by atoms with E-state index in [0.717, 1.165) is 43.6 Å². The van der Waals surface area contributed by atoms with Crippen LogP contribution in [0.25, 0.3) is 5.78 Å². The Kier molecular flexibility index (Phi) is 4.81. The number of carbonyl (C=O) groups excluding carboxylic acids is 1. The Bertz CT molecular complexity index is 948. The minimum Gasteiger partial charge on any atom is -0.293 e. The molecular weight excluding hydrogens is 347 g/mol. The fraction of sp³-hybridized carbons (Fsp3) is 0.368. The molecule has 27 heavy (non-hydrogen) atoms. The van der Waals surface area contributed by atoms with E-state index in [4.69, 9.17) is 0 Å². The van der Waals surface area contributed by atoms with Gasteiger partial charge < -0.3 is 0 Å². The van der Waals surface area contributed by atoms with Gasteiger partial charge in [-0.25, -0.2) is 9.37 Å². The predicted octanol–water partition coefficient (Wildman–Crippen LogP) is 2.74. The molecule has 1 aromatic carbocycles. The Balaban J connectivity index is 1.64. The summed E-state index contributed by atoms with van der Waals surface area (Å²) in [6.45, 7) is 3.53. The number of carbonyl (C=O) groups is 1. The largest absolute Gasteiger partial charge is 0.293 e. The van der Waals surface area contributed by atoms with Crippen molar-refractivity contribution in [3.8, 4) is 0 Å². The number of rotatable bonds is 4. The molecule has 1 unspecified atom stereocenters. The number of anilines is 1. The monoisotopic (exact) mass is 368 g/mol. The molecule has 0 spiro atoms. The zero-order valence-electron chi connectivity index (χ0n) is 15.1. The third-order valence-corrected chi connectivity index (χ3v) is 4.84. The predicted molar refractivity (Wildman–Crippen MR) is 98.7 cm³/mol. The number of nitrogens with zero attached hydrogens (tertiary/aromatic N) is 5. The van der Waals surface area contributed by atoms with Crippen LogP contribution < -0.4 is 5.32 Å². The molecule has 3 aromatic rings. The highest BCUT2D eigenvalue weighted by Crippen LogP contribution is 2.26. The smallest absolute Gasteiger partial charge is 0.256 e. The Morgan fingerprint density at radius 1 is 1.11 bits per heavy atom. The Morgan fingerprint density at radius 2 is 1.85 bits per heavy atom. The number of aryl methyl sites for hydroxylation is 1. The summed E-state index contributed by atoms with van der Waals surface area (Å²) in [5.74, 6) is 0.230. The second-order valence-electron chi connectivity index (χ2n) is 6.80. The van der Waals surface area contributed by atoms with Gasteiger partial charge in [0.2, 0.25) is 11.9 Å². The van der Waals surface area contributed by atoms with E-state index in [1.807, 2.05) is 13.0 Å². The lowest BCUT2D eigenvalue weighted by atomic mass is 10.0. The van der Waals surface area contributed by atoms with Crippen molar-refractivity contribution >= 4 is 17.6 Å². The van der Waals surface area contributed by atoms with E-state index in [9.17, 15) is 9.18 Å². The van der Waals surface area contributed by atoms with Crippen LogP contribution in [0.4, 0.5) is 10.3 Å². The first-order chi connectivity index (χ1) is 13.1. The molecule has 140 valence electrons. The highest BCUT2D eigenvalue weighted by atomic mass is 19.1. The number of likely N-dealkylation sites (tertiary alicyclic amines) is 1. The summed E-state index contributed by atoms with van der Waals surface area (Å²) < 4.78 is 15.0. The van der Waals surface area contributed by atoms with Crippen LogP contribution >= 0.6 is 0 Å². The summed E-state index contributed by atoms with van der Waals surface area (Å²) in [6, 6.07) is 7.44. The van der Waals surface area contributed by atoms with Gasteiger partial charge in [-0.1, -0.05) is 18.6 Å². The summed E-state index contributed by atoms with van der Waals surface area (Å²) in [5.41, 5.74) is 1.59. The van der Waals surface area contributed by atoms with Gasteiger partial charge in [-0.2, -0.15) is 0 Å². The van der Waals surface area contributed by atoms with Gasteiger partial charge >= 0.3 is 0 Å². The first kappa shape index (κ1) is 17.5. The summed E-state index contributed by atoms with van der Waals surface area (Å²) in [4.78, 5) is 19.6. The quantitative estimate of drug-likeness (QED) is 0.766. The number of amides is 1. The van der Waals surface area contributed by atoms with Gasteiger partial charge in [0.15, 0.2) is 0 Å². The van der Waals surface area contributed by atoms with Crippen molar-refractivity contribution in [1.82, 2.24) is 24.5 Å². The second-order valence-corrected chi connectivity index (χ2v) is 6.80. The molecule has 4 rings (SSSR count). The third-order valence-electron chi connectivity index (χ3n) is 4.84. The molecule has 0 radical (unpaired) electrons. The molecule has 0 aliphatic carbocycles. The van der Waals surface area contributed by atoms with E-state index in [0.29, 0.717) is 11.7 Å². The van der Waals surface area contributed by atoms with Crippen LogP contribution in [0.3, 0.4) is 0 Å². The molecule has 1 atom stereocenters. The fourth-order valence-electron chi connectivity index (χ4n) is 3.49. The van der Waals surface area contributed by atoms with Crippen molar-refractivity contribution in [3.63, 3.8) is 0 Å². The van der Waals surface area contributed by atoms with Crippen molar-refractivity contribution in [2.24, 2.45) is 0 Å². The van der Waals surface area contributed by atoms with E-state index in [1.54, 1.807) is 22.7 Å². The molecule has 1 N–H and O–H groups in total. The number of fused-ring (bicyclic) bond motifs is 1. The Labute approximate surface area is 156 Å². The number of nitrogens with one attached hydrogen (secondary N) is 1. The lowest BCUT2D eigenvalue weighted by Crippen LogP contribution is -2.40. The van der Waals surface area contributed by atoms with Gasteiger partial charge in [0.25, 0.3) is 5.78 Å². The topological polar surface area (TPSA) is 75.4 Å². The van der Waals surface area contributed by atoms with Crippen LogP contribution in [0.5, 0.6) is 0 Å². The van der Waals surface area contributed by atoms with Gasteiger partial charge in [-0.15, -0.1) is 10.2 Å². The lowest BCUT2D eigenvalue weighted by Gasteiger charge is -2.33. The van der Waals surface area contributed by atoms with Crippen molar-refractivity contribution in [1.29, 1.82) is 0 Å². The summed E-state index contributed by atoms with van der Waals surface area (Å²) in [6.07, 6.45) is 5.03. The molecule has 1 amide bonds. The second kappa shape index (κ2) is 7.40. The van der Waals surface area contributed by atoms with Crippen LogP contribution in [0.1, 0.15) is 36.6 Å². The molecule has 0 saturated carbocycles. The van der Waals surface area contributed by atoms with Gasteiger partial charge in [0, 0.05) is 11.9 Å². The molecule has 3 heterocycles. The number of aromatic nitrogens is 4. The van der Waals surface area contributed by atoms with Crippen LogP contribution in [0, 0.1) is 12.7 Å². The lowest BCUT2D eigenvalue weighted by molar-refractivity contribution is -0.122. The molecule has 2 aromatic heterocycles. The maximum atomic E-state index is 13.4. The van der Waals surface area contributed by atoms with Crippen LogP contribution in [0.2, 0.25) is 0 Å². The van der Waals surface area contributed by atoms with Crippen molar-refractivity contribution in [2.45, 2.75) is 32.2 Å². The van der Waals surface area contributed by atoms with Crippen LogP contribution in [-0.2, 0) is 4.79 Å². The maximum Gasteiger partial charge on any atom is 0.256 e. The standard InChI is InChI=1S/C19H21FN6O/c1-13-9-12-26-18(21-13)23-24-19(26)22-17(27)16(25-10-3-2-4-11-25)14-5-7-15(20)8-6-14/h5-9,12,16H,2-4,10-11H2,1H3,(H,22,24,27). The minimum absolute atomic E-state index is 0.210. The SMILES string of the molecule is Cc1ccn2c(NC(=O)C(c3ccc(F)cc3)N3CCCCC3)nnc2n1. The first-order valence-electron chi connectivity index (χ1n) is 9.10. The molecule has 1 fully saturated rings.